The van der Waals surface area contributed by atoms with E-state index in [9.17, 15) is 0 Å². The number of allylic oxidation sites excluding steroid dienone is 2. The lowest BCUT2D eigenvalue weighted by Crippen LogP contribution is -2.35. The molecule has 2 rings (SSSR count). The molecule has 1 fully saturated rings. The highest BCUT2D eigenvalue weighted by molar-refractivity contribution is 6.54. The van der Waals surface area contributed by atoms with E-state index in [0.717, 1.165) is 25.0 Å². The van der Waals surface area contributed by atoms with Crippen LogP contribution in [-0.4, -0.2) is 31.3 Å². The largest absolute Gasteiger partial charge is 0.416 e. The van der Waals surface area contributed by atoms with Crippen molar-refractivity contribution in [3.63, 3.8) is 0 Å². The van der Waals surface area contributed by atoms with Crippen molar-refractivity contribution in [2.75, 3.05) is 13.2 Å². The van der Waals surface area contributed by atoms with Gasteiger partial charge in [0.15, 0.2) is 0 Å². The van der Waals surface area contributed by atoms with Gasteiger partial charge >= 0.3 is 0 Å². The average Bonchev–Trinajstić information content (AvgIpc) is 3.00. The van der Waals surface area contributed by atoms with Gasteiger partial charge in [-0.05, 0) is 53.3 Å². The molecule has 0 aromatic rings. The molecule has 2 radical (unpaired) electrons. The van der Waals surface area contributed by atoms with E-state index in [1.165, 1.54) is 6.42 Å². The zero-order chi connectivity index (χ0) is 17.4. The van der Waals surface area contributed by atoms with Gasteiger partial charge in [0.2, 0.25) is 18.1 Å². The van der Waals surface area contributed by atoms with Crippen molar-refractivity contribution in [3.8, 4) is 0 Å². The summed E-state index contributed by atoms with van der Waals surface area (Å²) < 4.78 is 12.7. The molecule has 0 heterocycles. The van der Waals surface area contributed by atoms with Crippen LogP contribution in [0.4, 0.5) is 0 Å². The third kappa shape index (κ3) is 4.80. The smallest absolute Gasteiger partial charge is 0.213 e. The molecule has 132 valence electrons. The van der Waals surface area contributed by atoms with Crippen molar-refractivity contribution < 1.29 is 8.85 Å². The Morgan fingerprint density at radius 1 is 0.783 bits per heavy atom. The molecule has 2 aliphatic rings. The van der Waals surface area contributed by atoms with Gasteiger partial charge in [0, 0.05) is 13.2 Å². The Labute approximate surface area is 147 Å². The first-order valence-corrected chi connectivity index (χ1v) is 12.9. The van der Waals surface area contributed by atoms with Crippen molar-refractivity contribution in [1.29, 1.82) is 0 Å². The maximum Gasteiger partial charge on any atom is 0.213 e. The molecule has 4 heteroatoms. The van der Waals surface area contributed by atoms with Crippen LogP contribution in [0.1, 0.15) is 48.0 Å². The van der Waals surface area contributed by atoms with Gasteiger partial charge in [0.25, 0.3) is 0 Å². The molecule has 4 atom stereocenters. The summed E-state index contributed by atoms with van der Waals surface area (Å²) in [6.45, 7) is 20.3. The van der Waals surface area contributed by atoms with Crippen LogP contribution in [0.5, 0.6) is 0 Å². The van der Waals surface area contributed by atoms with Gasteiger partial charge in [0.05, 0.1) is 0 Å². The lowest BCUT2D eigenvalue weighted by atomic mass is 9.84. The molecular weight excluding hydrogens is 316 g/mol. The lowest BCUT2D eigenvalue weighted by molar-refractivity contribution is 0.127. The molecule has 2 aliphatic carbocycles. The van der Waals surface area contributed by atoms with Crippen LogP contribution >= 0.6 is 0 Å². The maximum atomic E-state index is 6.37. The Kier molecular flexibility index (Phi) is 6.03. The topological polar surface area (TPSA) is 18.5 Å². The van der Waals surface area contributed by atoms with E-state index in [1.54, 1.807) is 0 Å². The molecular formula is C19H36O2Si2. The second-order valence-corrected chi connectivity index (χ2v) is 15.3. The fraction of sp³-hybridized carbons (Fsp3) is 0.895. The highest BCUT2D eigenvalue weighted by Crippen LogP contribution is 2.48. The third-order valence-electron chi connectivity index (χ3n) is 5.90. The molecule has 1 saturated carbocycles. The number of fused-ring (bicyclic) bond motifs is 2. The molecule has 0 aromatic heterocycles. The Hall–Kier alpha value is 0.0938. The summed E-state index contributed by atoms with van der Waals surface area (Å²) in [6, 6.07) is 0. The average molecular weight is 353 g/mol. The van der Waals surface area contributed by atoms with E-state index >= 15 is 0 Å². The molecule has 0 N–H and O–H groups in total. The van der Waals surface area contributed by atoms with Crippen molar-refractivity contribution in [3.05, 3.63) is 12.2 Å². The van der Waals surface area contributed by atoms with Crippen LogP contribution in [-0.2, 0) is 8.85 Å². The van der Waals surface area contributed by atoms with Crippen molar-refractivity contribution in [1.82, 2.24) is 0 Å². The van der Waals surface area contributed by atoms with E-state index in [-0.39, 0.29) is 0 Å². The van der Waals surface area contributed by atoms with E-state index in [4.69, 9.17) is 8.85 Å². The molecule has 2 bridgehead atoms. The SMILES string of the molecule is C[Si](OC[C@@H]1[C@H](CO[Si](C)C(C)(C)C)[C@H]2C=C[C@@H]1C2)C(C)(C)C. The minimum Gasteiger partial charge on any atom is -0.416 e. The fourth-order valence-corrected chi connectivity index (χ4v) is 5.15. The monoisotopic (exact) mass is 352 g/mol. The first-order chi connectivity index (χ1) is 10.5. The normalized spacial score (nSPS) is 30.9. The van der Waals surface area contributed by atoms with Crippen LogP contribution in [0.2, 0.25) is 23.2 Å². The van der Waals surface area contributed by atoms with Gasteiger partial charge in [-0.15, -0.1) is 0 Å². The van der Waals surface area contributed by atoms with Crippen LogP contribution in [0.15, 0.2) is 12.2 Å². The molecule has 0 aromatic carbocycles. The van der Waals surface area contributed by atoms with Crippen molar-refractivity contribution >= 4 is 18.1 Å². The summed E-state index contributed by atoms with van der Waals surface area (Å²) in [6.07, 6.45) is 6.20. The fourth-order valence-electron chi connectivity index (χ4n) is 3.40. The zero-order valence-corrected chi connectivity index (χ0v) is 18.4. The first kappa shape index (κ1) is 19.4. The van der Waals surface area contributed by atoms with Crippen molar-refractivity contribution in [2.45, 2.75) is 71.1 Å². The van der Waals surface area contributed by atoms with Crippen LogP contribution in [0, 0.1) is 23.7 Å². The number of rotatable bonds is 6. The molecule has 23 heavy (non-hydrogen) atoms. The summed E-state index contributed by atoms with van der Waals surface area (Å²) in [5.41, 5.74) is 0. The second-order valence-electron chi connectivity index (χ2n) is 9.51. The summed E-state index contributed by atoms with van der Waals surface area (Å²) in [5.74, 6) is 2.79. The summed E-state index contributed by atoms with van der Waals surface area (Å²) in [4.78, 5) is 0. The summed E-state index contributed by atoms with van der Waals surface area (Å²) in [7, 11) is -1.49. The van der Waals surface area contributed by atoms with Gasteiger partial charge in [-0.1, -0.05) is 53.7 Å². The Balaban J connectivity index is 1.91. The maximum absolute atomic E-state index is 6.37. The summed E-state index contributed by atoms with van der Waals surface area (Å²) in [5, 5.41) is 0.631. The predicted octanol–water partition coefficient (Wildman–Crippen LogP) is 5.30. The van der Waals surface area contributed by atoms with Gasteiger partial charge in [-0.3, -0.25) is 0 Å². The minimum absolute atomic E-state index is 0.315. The number of hydrogen-bond donors (Lipinski definition) is 0. The van der Waals surface area contributed by atoms with E-state index in [2.05, 4.69) is 66.8 Å². The van der Waals surface area contributed by atoms with Crippen LogP contribution in [0.25, 0.3) is 0 Å². The lowest BCUT2D eigenvalue weighted by Gasteiger charge is -2.33. The molecule has 0 unspecified atom stereocenters. The third-order valence-corrected chi connectivity index (χ3v) is 11.3. The summed E-state index contributed by atoms with van der Waals surface area (Å²) >= 11 is 0. The Morgan fingerprint density at radius 2 is 1.13 bits per heavy atom. The molecule has 0 aliphatic heterocycles. The standard InChI is InChI=1S/C19H36O2Si2/c1-18(2,3)22(7)20-12-16-14-9-10-15(11-14)17(16)13-21-23(8)19(4,5)6/h9-10,14-17H,11-13H2,1-8H3/t14-,15+,16+,17-. The predicted molar refractivity (Wildman–Crippen MR) is 102 cm³/mol. The number of hydrogen-bond acceptors (Lipinski definition) is 2. The Morgan fingerprint density at radius 3 is 1.43 bits per heavy atom. The van der Waals surface area contributed by atoms with Gasteiger partial charge in [0.1, 0.15) is 0 Å². The van der Waals surface area contributed by atoms with Gasteiger partial charge in [-0.25, -0.2) is 0 Å². The first-order valence-electron chi connectivity index (χ1n) is 9.12. The van der Waals surface area contributed by atoms with Gasteiger partial charge in [-0.2, -0.15) is 0 Å². The quantitative estimate of drug-likeness (QED) is 0.477. The molecule has 0 amide bonds. The van der Waals surface area contributed by atoms with Crippen LogP contribution in [0.3, 0.4) is 0 Å². The molecule has 0 spiro atoms. The molecule has 0 saturated heterocycles. The van der Waals surface area contributed by atoms with Crippen molar-refractivity contribution in [2.24, 2.45) is 23.7 Å². The minimum atomic E-state index is -0.744. The van der Waals surface area contributed by atoms with E-state index in [1.807, 2.05) is 0 Å². The van der Waals surface area contributed by atoms with E-state index in [0.29, 0.717) is 21.9 Å². The van der Waals surface area contributed by atoms with Gasteiger partial charge < -0.3 is 8.85 Å². The highest BCUT2D eigenvalue weighted by Gasteiger charge is 2.45. The Bertz CT molecular complexity index is 384. The second kappa shape index (κ2) is 7.14. The molecule has 2 nitrogen and oxygen atoms in total. The van der Waals surface area contributed by atoms with E-state index < -0.39 is 18.1 Å². The zero-order valence-electron chi connectivity index (χ0n) is 16.4. The van der Waals surface area contributed by atoms with Crippen LogP contribution < -0.4 is 0 Å². The highest BCUT2D eigenvalue weighted by atomic mass is 28.3.